The molecule has 0 aliphatic carbocycles. The van der Waals surface area contributed by atoms with Crippen LogP contribution >= 0.6 is 0 Å². The fourth-order valence-corrected chi connectivity index (χ4v) is 3.59. The lowest BCUT2D eigenvalue weighted by Gasteiger charge is -2.35. The van der Waals surface area contributed by atoms with Crippen molar-refractivity contribution < 1.29 is 14.4 Å². The topological polar surface area (TPSA) is 69.7 Å². The molecule has 3 amide bonds. The van der Waals surface area contributed by atoms with Gasteiger partial charge in [0.15, 0.2) is 0 Å². The SMILES string of the molecule is CCCC(=O)N1CCN(C(=O)Cc2ccc3c(c2)C(C)(C)C(=O)N3)CC1. The number of nitrogens with one attached hydrogen (secondary N) is 1. The van der Waals surface area contributed by atoms with E-state index in [1.165, 1.54) is 0 Å². The molecule has 0 spiro atoms. The fraction of sp³-hybridized carbons (Fsp3) is 0.550. The molecule has 3 rings (SSSR count). The maximum atomic E-state index is 12.6. The van der Waals surface area contributed by atoms with Crippen LogP contribution in [0.15, 0.2) is 18.2 Å². The Labute approximate surface area is 154 Å². The minimum Gasteiger partial charge on any atom is -0.339 e. The average Bonchev–Trinajstić information content (AvgIpc) is 2.84. The number of rotatable bonds is 4. The molecule has 0 aromatic heterocycles. The Bertz CT molecular complexity index is 734. The molecule has 0 unspecified atom stereocenters. The standard InChI is InChI=1S/C20H27N3O3/c1-4-5-17(24)22-8-10-23(11-9-22)18(25)13-14-6-7-16-15(12-14)20(2,3)19(26)21-16/h6-7,12H,4-5,8-11,13H2,1-3H3,(H,21,26). The van der Waals surface area contributed by atoms with Crippen molar-refractivity contribution in [3.63, 3.8) is 0 Å². The molecule has 1 aromatic rings. The van der Waals surface area contributed by atoms with E-state index in [0.29, 0.717) is 39.0 Å². The highest BCUT2D eigenvalue weighted by atomic mass is 16.2. The van der Waals surface area contributed by atoms with Gasteiger partial charge in [0, 0.05) is 38.3 Å². The summed E-state index contributed by atoms with van der Waals surface area (Å²) in [5, 5.41) is 2.89. The quantitative estimate of drug-likeness (QED) is 0.895. The lowest BCUT2D eigenvalue weighted by molar-refractivity contribution is -0.139. The van der Waals surface area contributed by atoms with Crippen LogP contribution in [0.4, 0.5) is 5.69 Å². The highest BCUT2D eigenvalue weighted by molar-refractivity contribution is 6.05. The summed E-state index contributed by atoms with van der Waals surface area (Å²) >= 11 is 0. The van der Waals surface area contributed by atoms with Crippen molar-refractivity contribution in [2.24, 2.45) is 0 Å². The van der Waals surface area contributed by atoms with Gasteiger partial charge in [-0.05, 0) is 37.5 Å². The van der Waals surface area contributed by atoms with Gasteiger partial charge >= 0.3 is 0 Å². The van der Waals surface area contributed by atoms with E-state index in [9.17, 15) is 14.4 Å². The lowest BCUT2D eigenvalue weighted by Crippen LogP contribution is -2.50. The number of hydrogen-bond acceptors (Lipinski definition) is 3. The summed E-state index contributed by atoms with van der Waals surface area (Å²) in [6.07, 6.45) is 1.75. The van der Waals surface area contributed by atoms with Crippen molar-refractivity contribution in [1.82, 2.24) is 9.80 Å². The third kappa shape index (κ3) is 3.45. The summed E-state index contributed by atoms with van der Waals surface area (Å²) in [4.78, 5) is 40.3. The Morgan fingerprint density at radius 2 is 1.69 bits per heavy atom. The van der Waals surface area contributed by atoms with Crippen LogP contribution in [0.25, 0.3) is 0 Å². The summed E-state index contributed by atoms with van der Waals surface area (Å²) in [6, 6.07) is 5.75. The number of anilines is 1. The predicted molar refractivity (Wildman–Crippen MR) is 99.9 cm³/mol. The Hall–Kier alpha value is -2.37. The van der Waals surface area contributed by atoms with Gasteiger partial charge < -0.3 is 15.1 Å². The van der Waals surface area contributed by atoms with E-state index >= 15 is 0 Å². The van der Waals surface area contributed by atoms with Gasteiger partial charge in [0.1, 0.15) is 0 Å². The molecule has 0 saturated carbocycles. The molecule has 0 radical (unpaired) electrons. The molecule has 140 valence electrons. The van der Waals surface area contributed by atoms with Crippen LogP contribution in [0.2, 0.25) is 0 Å². The molecular formula is C20H27N3O3. The van der Waals surface area contributed by atoms with E-state index in [2.05, 4.69) is 5.32 Å². The van der Waals surface area contributed by atoms with Crippen molar-refractivity contribution in [2.75, 3.05) is 31.5 Å². The van der Waals surface area contributed by atoms with Crippen LogP contribution in [0, 0.1) is 0 Å². The van der Waals surface area contributed by atoms with Gasteiger partial charge in [-0.15, -0.1) is 0 Å². The fourth-order valence-electron chi connectivity index (χ4n) is 3.59. The van der Waals surface area contributed by atoms with Gasteiger partial charge in [-0.1, -0.05) is 19.1 Å². The summed E-state index contributed by atoms with van der Waals surface area (Å²) in [5.41, 5.74) is 2.13. The first kappa shape index (κ1) is 18.4. The van der Waals surface area contributed by atoms with E-state index in [0.717, 1.165) is 23.2 Å². The van der Waals surface area contributed by atoms with Gasteiger partial charge in [-0.3, -0.25) is 14.4 Å². The second kappa shape index (κ2) is 7.09. The van der Waals surface area contributed by atoms with Crippen LogP contribution in [0.5, 0.6) is 0 Å². The van der Waals surface area contributed by atoms with Gasteiger partial charge in [-0.25, -0.2) is 0 Å². The number of carbonyl (C=O) groups is 3. The van der Waals surface area contributed by atoms with E-state index in [-0.39, 0.29) is 17.7 Å². The Morgan fingerprint density at radius 1 is 1.08 bits per heavy atom. The molecule has 6 heteroatoms. The molecule has 2 aliphatic heterocycles. The van der Waals surface area contributed by atoms with Crippen molar-refractivity contribution in [2.45, 2.75) is 45.4 Å². The first-order valence-corrected chi connectivity index (χ1v) is 9.33. The Kier molecular flexibility index (Phi) is 5.03. The zero-order chi connectivity index (χ0) is 18.9. The van der Waals surface area contributed by atoms with Crippen molar-refractivity contribution >= 4 is 23.4 Å². The summed E-state index contributed by atoms with van der Waals surface area (Å²) in [5.74, 6) is 0.240. The zero-order valence-electron chi connectivity index (χ0n) is 15.8. The van der Waals surface area contributed by atoms with E-state index < -0.39 is 5.41 Å². The maximum Gasteiger partial charge on any atom is 0.234 e. The van der Waals surface area contributed by atoms with Crippen molar-refractivity contribution in [1.29, 1.82) is 0 Å². The number of hydrogen-bond donors (Lipinski definition) is 1. The maximum absolute atomic E-state index is 12.6. The van der Waals surface area contributed by atoms with Gasteiger partial charge in [0.25, 0.3) is 0 Å². The molecule has 26 heavy (non-hydrogen) atoms. The zero-order valence-corrected chi connectivity index (χ0v) is 15.8. The van der Waals surface area contributed by atoms with Crippen molar-refractivity contribution in [3.8, 4) is 0 Å². The number of piperazine rings is 1. The van der Waals surface area contributed by atoms with Crippen LogP contribution in [0.3, 0.4) is 0 Å². The number of nitrogens with zero attached hydrogens (tertiary/aromatic N) is 2. The van der Waals surface area contributed by atoms with Crippen LogP contribution in [-0.2, 0) is 26.2 Å². The van der Waals surface area contributed by atoms with E-state index in [4.69, 9.17) is 0 Å². The number of fused-ring (bicyclic) bond motifs is 1. The highest BCUT2D eigenvalue weighted by Gasteiger charge is 2.38. The first-order valence-electron chi connectivity index (χ1n) is 9.33. The monoisotopic (exact) mass is 357 g/mol. The number of carbonyl (C=O) groups excluding carboxylic acids is 3. The molecule has 1 aromatic carbocycles. The van der Waals surface area contributed by atoms with Crippen molar-refractivity contribution in [3.05, 3.63) is 29.3 Å². The molecule has 1 saturated heterocycles. The van der Waals surface area contributed by atoms with Crippen LogP contribution < -0.4 is 5.32 Å². The van der Waals surface area contributed by atoms with Gasteiger partial charge in [0.05, 0.1) is 11.8 Å². The van der Waals surface area contributed by atoms with E-state index in [1.54, 1.807) is 0 Å². The molecule has 0 atom stereocenters. The minimum atomic E-state index is -0.570. The Balaban J connectivity index is 1.61. The smallest absolute Gasteiger partial charge is 0.234 e. The van der Waals surface area contributed by atoms with Crippen LogP contribution in [0.1, 0.15) is 44.7 Å². The average molecular weight is 357 g/mol. The van der Waals surface area contributed by atoms with E-state index in [1.807, 2.05) is 48.8 Å². The second-order valence-corrected chi connectivity index (χ2v) is 7.65. The van der Waals surface area contributed by atoms with Gasteiger partial charge in [-0.2, -0.15) is 0 Å². The molecule has 1 fully saturated rings. The summed E-state index contributed by atoms with van der Waals surface area (Å²) in [6.45, 7) is 8.19. The Morgan fingerprint density at radius 3 is 2.31 bits per heavy atom. The molecule has 2 heterocycles. The normalized spacial score (nSPS) is 18.5. The third-order valence-electron chi connectivity index (χ3n) is 5.38. The summed E-state index contributed by atoms with van der Waals surface area (Å²) < 4.78 is 0. The van der Waals surface area contributed by atoms with Crippen LogP contribution in [-0.4, -0.2) is 53.7 Å². The highest BCUT2D eigenvalue weighted by Crippen LogP contribution is 2.37. The predicted octanol–water partition coefficient (Wildman–Crippen LogP) is 1.93. The largest absolute Gasteiger partial charge is 0.339 e. The second-order valence-electron chi connectivity index (χ2n) is 7.65. The minimum absolute atomic E-state index is 0.0103. The first-order chi connectivity index (χ1) is 12.3. The molecular weight excluding hydrogens is 330 g/mol. The summed E-state index contributed by atoms with van der Waals surface area (Å²) in [7, 11) is 0. The third-order valence-corrected chi connectivity index (χ3v) is 5.38. The molecule has 2 aliphatic rings. The molecule has 1 N–H and O–H groups in total. The lowest BCUT2D eigenvalue weighted by atomic mass is 9.85. The number of amides is 3. The molecule has 0 bridgehead atoms. The number of benzene rings is 1. The molecule has 6 nitrogen and oxygen atoms in total. The van der Waals surface area contributed by atoms with Gasteiger partial charge in [0.2, 0.25) is 17.7 Å².